The van der Waals surface area contributed by atoms with Gasteiger partial charge in [-0.05, 0) is 67.7 Å². The van der Waals surface area contributed by atoms with Crippen molar-refractivity contribution in [3.63, 3.8) is 0 Å². The molecule has 1 unspecified atom stereocenters. The van der Waals surface area contributed by atoms with Crippen LogP contribution in [0.4, 0.5) is 4.79 Å². The van der Waals surface area contributed by atoms with Gasteiger partial charge >= 0.3 is 12.0 Å². The summed E-state index contributed by atoms with van der Waals surface area (Å²) in [7, 11) is 3.50. The van der Waals surface area contributed by atoms with Crippen molar-refractivity contribution in [2.45, 2.75) is 32.1 Å². The molecule has 1 amide bonds. The molecule has 0 bridgehead atoms. The van der Waals surface area contributed by atoms with Crippen molar-refractivity contribution in [2.24, 2.45) is 11.8 Å². The average Bonchev–Trinajstić information content (AvgIpc) is 3.00. The minimum Gasteiger partial charge on any atom is -0.478 e. The largest absolute Gasteiger partial charge is 0.478 e. The van der Waals surface area contributed by atoms with E-state index in [2.05, 4.69) is 0 Å². The second-order valence-corrected chi connectivity index (χ2v) is 7.93. The summed E-state index contributed by atoms with van der Waals surface area (Å²) in [4.78, 5) is 25.9. The Kier molecular flexibility index (Phi) is 4.68. The number of carbonyl (C=O) groups excluding carboxylic acids is 1. The van der Waals surface area contributed by atoms with E-state index in [0.717, 1.165) is 67.5 Å². The molecule has 1 saturated heterocycles. The molecular weight excluding hydrogens is 344 g/mol. The molecule has 2 aromatic rings. The van der Waals surface area contributed by atoms with Crippen molar-refractivity contribution >= 4 is 22.9 Å². The summed E-state index contributed by atoms with van der Waals surface area (Å²) in [6.07, 6.45) is 5.02. The summed E-state index contributed by atoms with van der Waals surface area (Å²) in [6, 6.07) is 5.03. The van der Waals surface area contributed by atoms with Crippen LogP contribution in [0.3, 0.4) is 0 Å². The highest BCUT2D eigenvalue weighted by Crippen LogP contribution is 2.39. The fraction of sp³-hybridized carbons (Fsp3) is 0.524. The van der Waals surface area contributed by atoms with Gasteiger partial charge in [0.05, 0.1) is 11.1 Å². The monoisotopic (exact) mass is 370 g/mol. The van der Waals surface area contributed by atoms with Gasteiger partial charge in [0.2, 0.25) is 0 Å². The topological polar surface area (TPSA) is 71.8 Å². The predicted octanol–water partition coefficient (Wildman–Crippen LogP) is 3.40. The van der Waals surface area contributed by atoms with Gasteiger partial charge in [-0.3, -0.25) is 4.57 Å². The van der Waals surface area contributed by atoms with Crippen LogP contribution in [-0.2, 0) is 17.6 Å². The van der Waals surface area contributed by atoms with Crippen LogP contribution in [0, 0.1) is 11.8 Å². The number of aromatic carboxylic acids is 1. The lowest BCUT2D eigenvalue weighted by Crippen LogP contribution is -2.31. The van der Waals surface area contributed by atoms with Crippen molar-refractivity contribution in [2.75, 3.05) is 27.3 Å². The van der Waals surface area contributed by atoms with E-state index in [1.165, 1.54) is 0 Å². The summed E-state index contributed by atoms with van der Waals surface area (Å²) in [5.41, 5.74) is 3.30. The summed E-state index contributed by atoms with van der Waals surface area (Å²) >= 11 is 0. The number of carboxylic acids is 1. The van der Waals surface area contributed by atoms with Crippen LogP contribution in [0.15, 0.2) is 18.2 Å². The van der Waals surface area contributed by atoms with Crippen LogP contribution in [0.2, 0.25) is 0 Å². The molecule has 1 aliphatic carbocycles. The number of aromatic nitrogens is 1. The second kappa shape index (κ2) is 7.00. The minimum atomic E-state index is -0.936. The molecule has 1 aromatic carbocycles. The molecule has 2 aliphatic rings. The number of rotatable bonds is 2. The molecule has 0 radical (unpaired) electrons. The van der Waals surface area contributed by atoms with Gasteiger partial charge in [-0.1, -0.05) is 0 Å². The molecule has 144 valence electrons. The molecule has 4 rings (SSSR count). The lowest BCUT2D eigenvalue weighted by molar-refractivity contribution is 0.0439. The van der Waals surface area contributed by atoms with Gasteiger partial charge in [0.1, 0.15) is 0 Å². The minimum absolute atomic E-state index is 0.0751. The Bertz CT molecular complexity index is 893. The summed E-state index contributed by atoms with van der Waals surface area (Å²) < 4.78 is 7.30. The fourth-order valence-electron chi connectivity index (χ4n) is 4.73. The van der Waals surface area contributed by atoms with Crippen molar-refractivity contribution in [3.8, 4) is 0 Å². The SMILES string of the molecule is CN(C)C(=O)n1c2c(c3cc(C(=O)O)ccc31)CC(C1CCOCC1)CC2. The molecule has 1 atom stereocenters. The highest BCUT2D eigenvalue weighted by Gasteiger charge is 2.32. The number of carboxylic acid groups (broad SMARTS) is 1. The third-order valence-electron chi connectivity index (χ3n) is 6.15. The molecule has 1 fully saturated rings. The zero-order chi connectivity index (χ0) is 19.1. The lowest BCUT2D eigenvalue weighted by atomic mass is 9.75. The van der Waals surface area contributed by atoms with Crippen LogP contribution in [-0.4, -0.2) is 53.9 Å². The first-order chi connectivity index (χ1) is 13.0. The number of hydrogen-bond acceptors (Lipinski definition) is 3. The number of hydrogen-bond donors (Lipinski definition) is 1. The fourth-order valence-corrected chi connectivity index (χ4v) is 4.73. The van der Waals surface area contributed by atoms with E-state index in [1.807, 2.05) is 0 Å². The van der Waals surface area contributed by atoms with Gasteiger partial charge in [0.25, 0.3) is 0 Å². The number of carbonyl (C=O) groups is 2. The molecular formula is C21H26N2O4. The van der Waals surface area contributed by atoms with E-state index < -0.39 is 5.97 Å². The van der Waals surface area contributed by atoms with Crippen molar-refractivity contribution in [1.82, 2.24) is 9.47 Å². The molecule has 1 N–H and O–H groups in total. The average molecular weight is 370 g/mol. The van der Waals surface area contributed by atoms with Gasteiger partial charge in [0.15, 0.2) is 0 Å². The van der Waals surface area contributed by atoms with E-state index in [1.54, 1.807) is 41.8 Å². The molecule has 1 aromatic heterocycles. The van der Waals surface area contributed by atoms with Gasteiger partial charge in [0, 0.05) is 38.4 Å². The first kappa shape index (κ1) is 18.0. The van der Waals surface area contributed by atoms with Crippen LogP contribution >= 0.6 is 0 Å². The number of nitrogens with zero attached hydrogens (tertiary/aromatic N) is 2. The van der Waals surface area contributed by atoms with Crippen LogP contribution in [0.5, 0.6) is 0 Å². The first-order valence-corrected chi connectivity index (χ1v) is 9.66. The van der Waals surface area contributed by atoms with E-state index in [9.17, 15) is 14.7 Å². The van der Waals surface area contributed by atoms with Crippen LogP contribution < -0.4 is 0 Å². The van der Waals surface area contributed by atoms with Crippen LogP contribution in [0.1, 0.15) is 40.9 Å². The molecule has 0 saturated carbocycles. The Balaban J connectivity index is 1.82. The zero-order valence-corrected chi connectivity index (χ0v) is 15.9. The van der Waals surface area contributed by atoms with Crippen LogP contribution in [0.25, 0.3) is 10.9 Å². The van der Waals surface area contributed by atoms with Gasteiger partial charge < -0.3 is 14.7 Å². The predicted molar refractivity (Wildman–Crippen MR) is 102 cm³/mol. The third kappa shape index (κ3) is 3.12. The highest BCUT2D eigenvalue weighted by atomic mass is 16.5. The Morgan fingerprint density at radius 1 is 1.15 bits per heavy atom. The quantitative estimate of drug-likeness (QED) is 0.879. The normalized spacial score (nSPS) is 20.4. The van der Waals surface area contributed by atoms with E-state index in [4.69, 9.17) is 4.74 Å². The smallest absolute Gasteiger partial charge is 0.335 e. The highest BCUT2D eigenvalue weighted by molar-refractivity contribution is 5.99. The number of benzene rings is 1. The Morgan fingerprint density at radius 2 is 1.89 bits per heavy atom. The third-order valence-corrected chi connectivity index (χ3v) is 6.15. The molecule has 6 nitrogen and oxygen atoms in total. The van der Waals surface area contributed by atoms with Gasteiger partial charge in [-0.2, -0.15) is 0 Å². The standard InChI is InChI=1S/C21H26N2O4/c1-22(2)21(26)23-18-5-3-14(13-7-9-27-10-8-13)11-16(18)17-12-15(20(24)25)4-6-19(17)23/h4,6,12-14H,3,5,7-11H2,1-2H3,(H,24,25). The Labute approximate surface area is 158 Å². The van der Waals surface area contributed by atoms with E-state index in [-0.39, 0.29) is 11.6 Å². The summed E-state index contributed by atoms with van der Waals surface area (Å²) in [5.74, 6) is 0.287. The Morgan fingerprint density at radius 3 is 2.56 bits per heavy atom. The number of amides is 1. The maximum atomic E-state index is 12.8. The van der Waals surface area contributed by atoms with Gasteiger partial charge in [-0.15, -0.1) is 0 Å². The van der Waals surface area contributed by atoms with Crippen molar-refractivity contribution in [3.05, 3.63) is 35.0 Å². The molecule has 6 heteroatoms. The zero-order valence-electron chi connectivity index (χ0n) is 15.9. The van der Waals surface area contributed by atoms with Crippen molar-refractivity contribution < 1.29 is 19.4 Å². The molecule has 1 aliphatic heterocycles. The Hall–Kier alpha value is -2.34. The molecule has 0 spiro atoms. The molecule has 27 heavy (non-hydrogen) atoms. The lowest BCUT2D eigenvalue weighted by Gasteiger charge is -2.33. The maximum Gasteiger partial charge on any atom is 0.335 e. The van der Waals surface area contributed by atoms with Crippen molar-refractivity contribution in [1.29, 1.82) is 0 Å². The summed E-state index contributed by atoms with van der Waals surface area (Å²) in [6.45, 7) is 1.66. The summed E-state index contributed by atoms with van der Waals surface area (Å²) in [5, 5.41) is 10.3. The van der Waals surface area contributed by atoms with E-state index >= 15 is 0 Å². The van der Waals surface area contributed by atoms with Gasteiger partial charge in [-0.25, -0.2) is 9.59 Å². The first-order valence-electron chi connectivity index (χ1n) is 9.66. The number of fused-ring (bicyclic) bond motifs is 3. The second-order valence-electron chi connectivity index (χ2n) is 7.93. The van der Waals surface area contributed by atoms with E-state index in [0.29, 0.717) is 11.8 Å². The number of ether oxygens (including phenoxy) is 1. The molecule has 2 heterocycles. The maximum absolute atomic E-state index is 12.8.